The first-order valence-corrected chi connectivity index (χ1v) is 7.16. The average Bonchev–Trinajstić information content (AvgIpc) is 2.19. The average molecular weight is 335 g/mol. The van der Waals surface area contributed by atoms with Crippen molar-refractivity contribution >= 4 is 39.3 Å². The van der Waals surface area contributed by atoms with Gasteiger partial charge in [-0.05, 0) is 44.9 Å². The SMILES string of the molecule is CC(C)(C)OC(=O)Nc1cc(Cl)ccc1CCBr. The van der Waals surface area contributed by atoms with Crippen LogP contribution in [0.4, 0.5) is 10.5 Å². The van der Waals surface area contributed by atoms with Crippen molar-refractivity contribution in [1.29, 1.82) is 0 Å². The molecular weight excluding hydrogens is 318 g/mol. The molecule has 0 aliphatic carbocycles. The molecule has 1 aromatic carbocycles. The van der Waals surface area contributed by atoms with E-state index in [4.69, 9.17) is 16.3 Å². The van der Waals surface area contributed by atoms with Crippen molar-refractivity contribution in [2.75, 3.05) is 10.6 Å². The van der Waals surface area contributed by atoms with Gasteiger partial charge in [0.15, 0.2) is 0 Å². The molecule has 1 rings (SSSR count). The van der Waals surface area contributed by atoms with E-state index >= 15 is 0 Å². The second-order valence-corrected chi connectivity index (χ2v) is 6.10. The molecule has 18 heavy (non-hydrogen) atoms. The van der Waals surface area contributed by atoms with Crippen LogP contribution < -0.4 is 5.32 Å². The maximum atomic E-state index is 11.7. The van der Waals surface area contributed by atoms with Gasteiger partial charge in [-0.3, -0.25) is 5.32 Å². The Bertz CT molecular complexity index is 429. The minimum absolute atomic E-state index is 0.472. The maximum absolute atomic E-state index is 11.7. The second-order valence-electron chi connectivity index (χ2n) is 4.87. The fourth-order valence-corrected chi connectivity index (χ4v) is 2.00. The van der Waals surface area contributed by atoms with Gasteiger partial charge in [0.05, 0.1) is 0 Å². The third kappa shape index (κ3) is 5.27. The number of rotatable bonds is 3. The summed E-state index contributed by atoms with van der Waals surface area (Å²) in [5.74, 6) is 0. The van der Waals surface area contributed by atoms with Gasteiger partial charge in [0.2, 0.25) is 0 Å². The van der Waals surface area contributed by atoms with Crippen molar-refractivity contribution in [3.05, 3.63) is 28.8 Å². The number of benzene rings is 1. The molecule has 0 heterocycles. The molecule has 0 fully saturated rings. The van der Waals surface area contributed by atoms with Crippen molar-refractivity contribution < 1.29 is 9.53 Å². The van der Waals surface area contributed by atoms with Crippen LogP contribution >= 0.6 is 27.5 Å². The Kier molecular flexibility index (Phi) is 5.47. The highest BCUT2D eigenvalue weighted by Crippen LogP contribution is 2.23. The van der Waals surface area contributed by atoms with Gasteiger partial charge < -0.3 is 4.74 Å². The van der Waals surface area contributed by atoms with Gasteiger partial charge in [-0.15, -0.1) is 0 Å². The molecule has 100 valence electrons. The van der Waals surface area contributed by atoms with Crippen LogP contribution in [0.5, 0.6) is 0 Å². The highest BCUT2D eigenvalue weighted by Gasteiger charge is 2.17. The standard InChI is InChI=1S/C13H17BrClNO2/c1-13(2,3)18-12(17)16-11-8-10(15)5-4-9(11)6-7-14/h4-5,8H,6-7H2,1-3H3,(H,16,17). The van der Waals surface area contributed by atoms with Crippen LogP contribution in [0.25, 0.3) is 0 Å². The Hall–Kier alpha value is -0.740. The number of carbonyl (C=O) groups is 1. The van der Waals surface area contributed by atoms with E-state index < -0.39 is 11.7 Å². The lowest BCUT2D eigenvalue weighted by Gasteiger charge is -2.20. The van der Waals surface area contributed by atoms with E-state index in [1.165, 1.54) is 0 Å². The molecule has 0 aliphatic rings. The smallest absolute Gasteiger partial charge is 0.412 e. The normalized spacial score (nSPS) is 11.2. The van der Waals surface area contributed by atoms with E-state index in [0.29, 0.717) is 10.7 Å². The zero-order valence-electron chi connectivity index (χ0n) is 10.7. The summed E-state index contributed by atoms with van der Waals surface area (Å²) < 4.78 is 5.21. The number of aryl methyl sites for hydroxylation is 1. The van der Waals surface area contributed by atoms with Gasteiger partial charge in [0.25, 0.3) is 0 Å². The highest BCUT2D eigenvalue weighted by molar-refractivity contribution is 9.09. The molecule has 1 N–H and O–H groups in total. The van der Waals surface area contributed by atoms with Crippen LogP contribution in [0, 0.1) is 0 Å². The summed E-state index contributed by atoms with van der Waals surface area (Å²) in [5.41, 5.74) is 1.19. The molecule has 0 spiro atoms. The topological polar surface area (TPSA) is 38.3 Å². The Labute approximate surface area is 121 Å². The number of nitrogens with one attached hydrogen (secondary N) is 1. The zero-order valence-corrected chi connectivity index (χ0v) is 13.1. The van der Waals surface area contributed by atoms with Crippen LogP contribution in [0.1, 0.15) is 26.3 Å². The number of hydrogen-bond donors (Lipinski definition) is 1. The number of carbonyl (C=O) groups excluding carboxylic acids is 1. The quantitative estimate of drug-likeness (QED) is 0.819. The van der Waals surface area contributed by atoms with E-state index in [9.17, 15) is 4.79 Å². The third-order valence-electron chi connectivity index (χ3n) is 2.07. The minimum Gasteiger partial charge on any atom is -0.444 e. The van der Waals surface area contributed by atoms with Gasteiger partial charge >= 0.3 is 6.09 Å². The molecule has 0 bridgehead atoms. The van der Waals surface area contributed by atoms with Crippen molar-refractivity contribution in [3.63, 3.8) is 0 Å². The van der Waals surface area contributed by atoms with Crippen LogP contribution in [-0.2, 0) is 11.2 Å². The van der Waals surface area contributed by atoms with Gasteiger partial charge in [0.1, 0.15) is 5.60 Å². The lowest BCUT2D eigenvalue weighted by Crippen LogP contribution is -2.27. The van der Waals surface area contributed by atoms with Gasteiger partial charge in [-0.25, -0.2) is 4.79 Å². The lowest BCUT2D eigenvalue weighted by atomic mass is 10.1. The first-order chi connectivity index (χ1) is 8.31. The molecule has 0 aliphatic heterocycles. The monoisotopic (exact) mass is 333 g/mol. The molecule has 0 radical (unpaired) electrons. The van der Waals surface area contributed by atoms with Crippen LogP contribution in [-0.4, -0.2) is 17.0 Å². The Morgan fingerprint density at radius 1 is 1.44 bits per heavy atom. The summed E-state index contributed by atoms with van der Waals surface area (Å²) in [6.45, 7) is 5.47. The van der Waals surface area contributed by atoms with E-state index in [1.54, 1.807) is 12.1 Å². The highest BCUT2D eigenvalue weighted by atomic mass is 79.9. The van der Waals surface area contributed by atoms with E-state index in [-0.39, 0.29) is 0 Å². The van der Waals surface area contributed by atoms with Crippen molar-refractivity contribution in [1.82, 2.24) is 0 Å². The van der Waals surface area contributed by atoms with Gasteiger partial charge in [-0.2, -0.15) is 0 Å². The molecule has 0 saturated heterocycles. The number of ether oxygens (including phenoxy) is 1. The van der Waals surface area contributed by atoms with Crippen molar-refractivity contribution in [2.24, 2.45) is 0 Å². The first kappa shape index (κ1) is 15.3. The molecule has 1 amide bonds. The van der Waals surface area contributed by atoms with Gasteiger partial charge in [-0.1, -0.05) is 33.6 Å². The van der Waals surface area contributed by atoms with Gasteiger partial charge in [0, 0.05) is 16.0 Å². The third-order valence-corrected chi connectivity index (χ3v) is 2.70. The number of anilines is 1. The Balaban J connectivity index is 2.82. The molecule has 1 aromatic rings. The first-order valence-electron chi connectivity index (χ1n) is 5.66. The predicted molar refractivity (Wildman–Crippen MR) is 78.8 cm³/mol. The molecule has 0 saturated carbocycles. The van der Waals surface area contributed by atoms with Crippen LogP contribution in [0.15, 0.2) is 18.2 Å². The summed E-state index contributed by atoms with van der Waals surface area (Å²) in [7, 11) is 0. The zero-order chi connectivity index (χ0) is 13.8. The summed E-state index contributed by atoms with van der Waals surface area (Å²) in [6, 6.07) is 5.43. The number of hydrogen-bond acceptors (Lipinski definition) is 2. The van der Waals surface area contributed by atoms with Crippen LogP contribution in [0.3, 0.4) is 0 Å². The molecule has 5 heteroatoms. The van der Waals surface area contributed by atoms with Crippen molar-refractivity contribution in [3.8, 4) is 0 Å². The Morgan fingerprint density at radius 2 is 2.11 bits per heavy atom. The maximum Gasteiger partial charge on any atom is 0.412 e. The largest absolute Gasteiger partial charge is 0.444 e. The number of alkyl halides is 1. The predicted octanol–water partition coefficient (Wildman–Crippen LogP) is 4.62. The van der Waals surface area contributed by atoms with E-state index in [0.717, 1.165) is 17.3 Å². The Morgan fingerprint density at radius 3 is 2.67 bits per heavy atom. The van der Waals surface area contributed by atoms with E-state index in [1.807, 2.05) is 26.8 Å². The minimum atomic E-state index is -0.516. The second kappa shape index (κ2) is 6.43. The molecule has 0 aromatic heterocycles. The molecule has 0 unspecified atom stereocenters. The summed E-state index contributed by atoms with van der Waals surface area (Å²) in [4.78, 5) is 11.7. The fraction of sp³-hybridized carbons (Fsp3) is 0.462. The number of amides is 1. The number of halogens is 2. The summed E-state index contributed by atoms with van der Waals surface area (Å²) in [5, 5.41) is 4.13. The lowest BCUT2D eigenvalue weighted by molar-refractivity contribution is 0.0636. The fourth-order valence-electron chi connectivity index (χ4n) is 1.40. The van der Waals surface area contributed by atoms with Crippen molar-refractivity contribution in [2.45, 2.75) is 32.8 Å². The molecule has 3 nitrogen and oxygen atoms in total. The summed E-state index contributed by atoms with van der Waals surface area (Å²) in [6.07, 6.45) is 0.336. The van der Waals surface area contributed by atoms with E-state index in [2.05, 4.69) is 21.2 Å². The molecular formula is C13H17BrClNO2. The molecule has 0 atom stereocenters. The summed E-state index contributed by atoms with van der Waals surface area (Å²) >= 11 is 9.31. The van der Waals surface area contributed by atoms with Crippen LogP contribution in [0.2, 0.25) is 5.02 Å².